The number of ether oxygens (including phenoxy) is 1. The van der Waals surface area contributed by atoms with Gasteiger partial charge < -0.3 is 4.74 Å². The summed E-state index contributed by atoms with van der Waals surface area (Å²) in [6.45, 7) is 5.71. The predicted molar refractivity (Wildman–Crippen MR) is 90.9 cm³/mol. The maximum absolute atomic E-state index is 12.7. The summed E-state index contributed by atoms with van der Waals surface area (Å²) in [6, 6.07) is 9.49. The summed E-state index contributed by atoms with van der Waals surface area (Å²) >= 11 is 0. The Balaban J connectivity index is 2.18. The molecule has 1 aromatic rings. The van der Waals surface area contributed by atoms with Gasteiger partial charge in [0.15, 0.2) is 0 Å². The van der Waals surface area contributed by atoms with Crippen LogP contribution in [0.15, 0.2) is 24.3 Å². The summed E-state index contributed by atoms with van der Waals surface area (Å²) < 4.78 is 5.65. The van der Waals surface area contributed by atoms with Gasteiger partial charge in [0.2, 0.25) is 0 Å². The minimum atomic E-state index is -0.478. The van der Waals surface area contributed by atoms with Crippen LogP contribution in [-0.2, 0) is 9.53 Å². The number of carbonyl (C=O) groups is 1. The van der Waals surface area contributed by atoms with Crippen LogP contribution in [0.4, 0.5) is 0 Å². The molecular formula is C20H27NO2. The maximum Gasteiger partial charge on any atom is 0.313 e. The SMILES string of the molecule is CC(C)(C)OC(=O)C(CC1CCCCC1)c1ccc(C#N)cc1. The van der Waals surface area contributed by atoms with Crippen LogP contribution in [0, 0.1) is 17.2 Å². The van der Waals surface area contributed by atoms with Gasteiger partial charge in [0, 0.05) is 0 Å². The van der Waals surface area contributed by atoms with Crippen molar-refractivity contribution in [3.63, 3.8) is 0 Å². The molecule has 0 spiro atoms. The molecule has 23 heavy (non-hydrogen) atoms. The topological polar surface area (TPSA) is 50.1 Å². The lowest BCUT2D eigenvalue weighted by Crippen LogP contribution is -2.29. The fourth-order valence-corrected chi connectivity index (χ4v) is 3.29. The van der Waals surface area contributed by atoms with Crippen LogP contribution in [0.3, 0.4) is 0 Å². The molecule has 3 heteroatoms. The van der Waals surface area contributed by atoms with Crippen LogP contribution in [-0.4, -0.2) is 11.6 Å². The summed E-state index contributed by atoms with van der Waals surface area (Å²) in [6.07, 6.45) is 7.09. The smallest absolute Gasteiger partial charge is 0.313 e. The van der Waals surface area contributed by atoms with Crippen molar-refractivity contribution in [3.05, 3.63) is 35.4 Å². The first kappa shape index (κ1) is 17.5. The standard InChI is InChI=1S/C20H27NO2/c1-20(2,3)23-19(22)18(13-15-7-5-4-6-8-15)17-11-9-16(14-21)10-12-17/h9-12,15,18H,4-8,13H2,1-3H3. The van der Waals surface area contributed by atoms with Crippen molar-refractivity contribution >= 4 is 5.97 Å². The first-order valence-electron chi connectivity index (χ1n) is 8.62. The van der Waals surface area contributed by atoms with E-state index < -0.39 is 5.60 Å². The first-order chi connectivity index (χ1) is 10.9. The second-order valence-corrected chi connectivity index (χ2v) is 7.56. The molecule has 124 valence electrons. The second kappa shape index (κ2) is 7.64. The molecule has 1 aliphatic rings. The van der Waals surface area contributed by atoms with Crippen molar-refractivity contribution in [1.29, 1.82) is 5.26 Å². The molecule has 1 atom stereocenters. The van der Waals surface area contributed by atoms with Gasteiger partial charge in [0.1, 0.15) is 5.60 Å². The molecule has 0 amide bonds. The third-order valence-electron chi connectivity index (χ3n) is 4.43. The van der Waals surface area contributed by atoms with E-state index in [0.29, 0.717) is 11.5 Å². The fraction of sp³-hybridized carbons (Fsp3) is 0.600. The van der Waals surface area contributed by atoms with Crippen LogP contribution >= 0.6 is 0 Å². The summed E-state index contributed by atoms with van der Waals surface area (Å²) in [4.78, 5) is 12.7. The molecule has 0 bridgehead atoms. The lowest BCUT2D eigenvalue weighted by Gasteiger charge is -2.28. The number of rotatable bonds is 4. The van der Waals surface area contributed by atoms with Gasteiger partial charge in [-0.2, -0.15) is 5.26 Å². The number of hydrogen-bond donors (Lipinski definition) is 0. The van der Waals surface area contributed by atoms with Crippen molar-refractivity contribution in [3.8, 4) is 6.07 Å². The molecule has 3 nitrogen and oxygen atoms in total. The highest BCUT2D eigenvalue weighted by molar-refractivity contribution is 5.78. The van der Waals surface area contributed by atoms with Crippen LogP contribution in [0.1, 0.15) is 76.3 Å². The Morgan fingerprint density at radius 2 is 1.83 bits per heavy atom. The fourth-order valence-electron chi connectivity index (χ4n) is 3.29. The van der Waals surface area contributed by atoms with Crippen molar-refractivity contribution in [2.45, 2.75) is 70.8 Å². The summed E-state index contributed by atoms with van der Waals surface area (Å²) in [7, 11) is 0. The van der Waals surface area contributed by atoms with Gasteiger partial charge in [-0.15, -0.1) is 0 Å². The van der Waals surface area contributed by atoms with E-state index in [1.54, 1.807) is 12.1 Å². The number of nitriles is 1. The van der Waals surface area contributed by atoms with Crippen LogP contribution < -0.4 is 0 Å². The van der Waals surface area contributed by atoms with E-state index in [1.807, 2.05) is 32.9 Å². The summed E-state index contributed by atoms with van der Waals surface area (Å²) in [5.41, 5.74) is 1.10. The summed E-state index contributed by atoms with van der Waals surface area (Å²) in [5, 5.41) is 8.95. The van der Waals surface area contributed by atoms with E-state index in [1.165, 1.54) is 32.1 Å². The van der Waals surface area contributed by atoms with Crippen molar-refractivity contribution in [1.82, 2.24) is 0 Å². The Morgan fingerprint density at radius 3 is 2.35 bits per heavy atom. The Labute approximate surface area is 139 Å². The minimum Gasteiger partial charge on any atom is -0.459 e. The van der Waals surface area contributed by atoms with Crippen molar-refractivity contribution in [2.24, 2.45) is 5.92 Å². The maximum atomic E-state index is 12.7. The quantitative estimate of drug-likeness (QED) is 0.739. The van der Waals surface area contributed by atoms with Gasteiger partial charge in [-0.1, -0.05) is 44.2 Å². The average Bonchev–Trinajstić information content (AvgIpc) is 2.52. The van der Waals surface area contributed by atoms with E-state index in [-0.39, 0.29) is 11.9 Å². The van der Waals surface area contributed by atoms with E-state index in [4.69, 9.17) is 10.00 Å². The number of esters is 1. The third kappa shape index (κ3) is 5.39. The molecule has 0 aromatic heterocycles. The minimum absolute atomic E-state index is 0.146. The van der Waals surface area contributed by atoms with E-state index in [9.17, 15) is 4.79 Å². The van der Waals surface area contributed by atoms with E-state index in [0.717, 1.165) is 12.0 Å². The predicted octanol–water partition coefficient (Wildman–Crippen LogP) is 4.95. The van der Waals surface area contributed by atoms with Crippen molar-refractivity contribution in [2.75, 3.05) is 0 Å². The Bertz CT molecular complexity index is 557. The molecule has 1 fully saturated rings. The number of carbonyl (C=O) groups excluding carboxylic acids is 1. The molecule has 1 aromatic carbocycles. The van der Waals surface area contributed by atoms with Gasteiger partial charge in [-0.05, 0) is 50.8 Å². The number of nitrogens with zero attached hydrogens (tertiary/aromatic N) is 1. The Morgan fingerprint density at radius 1 is 1.22 bits per heavy atom. The van der Waals surface area contributed by atoms with Gasteiger partial charge >= 0.3 is 5.97 Å². The van der Waals surface area contributed by atoms with Gasteiger partial charge in [-0.25, -0.2) is 0 Å². The lowest BCUT2D eigenvalue weighted by molar-refractivity contribution is -0.157. The van der Waals surface area contributed by atoms with Gasteiger partial charge in [-0.3, -0.25) is 4.79 Å². The molecule has 0 aliphatic heterocycles. The monoisotopic (exact) mass is 313 g/mol. The Kier molecular flexibility index (Phi) is 5.82. The molecule has 2 rings (SSSR count). The molecular weight excluding hydrogens is 286 g/mol. The molecule has 0 saturated heterocycles. The highest BCUT2D eigenvalue weighted by Crippen LogP contribution is 2.34. The zero-order valence-corrected chi connectivity index (χ0v) is 14.5. The van der Waals surface area contributed by atoms with E-state index >= 15 is 0 Å². The number of benzene rings is 1. The summed E-state index contributed by atoms with van der Waals surface area (Å²) in [5.74, 6) is 0.217. The van der Waals surface area contributed by atoms with E-state index in [2.05, 4.69) is 6.07 Å². The normalized spacial score (nSPS) is 17.3. The van der Waals surface area contributed by atoms with Crippen LogP contribution in [0.25, 0.3) is 0 Å². The van der Waals surface area contributed by atoms with Crippen molar-refractivity contribution < 1.29 is 9.53 Å². The molecule has 1 saturated carbocycles. The zero-order valence-electron chi connectivity index (χ0n) is 14.5. The lowest BCUT2D eigenvalue weighted by atomic mass is 9.80. The second-order valence-electron chi connectivity index (χ2n) is 7.56. The Hall–Kier alpha value is -1.82. The van der Waals surface area contributed by atoms with Gasteiger partial charge in [0.25, 0.3) is 0 Å². The first-order valence-corrected chi connectivity index (χ1v) is 8.62. The van der Waals surface area contributed by atoms with Crippen LogP contribution in [0.5, 0.6) is 0 Å². The molecule has 1 unspecified atom stereocenters. The third-order valence-corrected chi connectivity index (χ3v) is 4.43. The molecule has 0 heterocycles. The molecule has 1 aliphatic carbocycles. The average molecular weight is 313 g/mol. The largest absolute Gasteiger partial charge is 0.459 e. The number of hydrogen-bond acceptors (Lipinski definition) is 3. The molecule has 0 N–H and O–H groups in total. The highest BCUT2D eigenvalue weighted by Gasteiger charge is 2.29. The zero-order chi connectivity index (χ0) is 16.9. The highest BCUT2D eigenvalue weighted by atomic mass is 16.6. The van der Waals surface area contributed by atoms with Gasteiger partial charge in [0.05, 0.1) is 17.6 Å². The molecule has 0 radical (unpaired) electrons. The van der Waals surface area contributed by atoms with Crippen LogP contribution in [0.2, 0.25) is 0 Å².